The van der Waals surface area contributed by atoms with Gasteiger partial charge in [-0.25, -0.2) is 15.0 Å². The molecule has 0 spiro atoms. The fourth-order valence-electron chi connectivity index (χ4n) is 3.29. The van der Waals surface area contributed by atoms with Crippen molar-refractivity contribution >= 4 is 11.2 Å². The van der Waals surface area contributed by atoms with Crippen molar-refractivity contribution in [2.24, 2.45) is 0 Å². The molecule has 2 aromatic heterocycles. The zero-order chi connectivity index (χ0) is 18.1. The number of ether oxygens (including phenoxy) is 1. The fraction of sp³-hybridized carbons (Fsp3) is 0.300. The van der Waals surface area contributed by atoms with E-state index in [1.54, 1.807) is 12.4 Å². The Morgan fingerprint density at radius 1 is 1.31 bits per heavy atom. The van der Waals surface area contributed by atoms with Gasteiger partial charge in [0.25, 0.3) is 0 Å². The summed E-state index contributed by atoms with van der Waals surface area (Å²) in [7, 11) is 0. The molecule has 1 aromatic carbocycles. The van der Waals surface area contributed by atoms with E-state index in [1.807, 2.05) is 23.6 Å². The van der Waals surface area contributed by atoms with Crippen LogP contribution in [0.4, 0.5) is 0 Å². The first-order valence-electron chi connectivity index (χ1n) is 8.56. The molecule has 6 heteroatoms. The lowest BCUT2D eigenvalue weighted by Crippen LogP contribution is -2.18. The smallest absolute Gasteiger partial charge is 0.167 e. The molecule has 26 heavy (non-hydrogen) atoms. The van der Waals surface area contributed by atoms with E-state index in [2.05, 4.69) is 22.0 Å². The first kappa shape index (κ1) is 16.3. The van der Waals surface area contributed by atoms with Gasteiger partial charge < -0.3 is 4.74 Å². The van der Waals surface area contributed by atoms with Crippen LogP contribution in [0.1, 0.15) is 42.3 Å². The molecule has 0 aliphatic carbocycles. The van der Waals surface area contributed by atoms with Crippen LogP contribution < -0.4 is 0 Å². The molecule has 3 heterocycles. The van der Waals surface area contributed by atoms with Gasteiger partial charge in [0.1, 0.15) is 17.4 Å². The Bertz CT molecular complexity index is 1060. The number of benzene rings is 1. The number of nitrogens with zero attached hydrogens (tertiary/aromatic N) is 5. The molecule has 1 fully saturated rings. The van der Waals surface area contributed by atoms with Gasteiger partial charge in [0.05, 0.1) is 18.0 Å². The maximum absolute atomic E-state index is 9.29. The highest BCUT2D eigenvalue weighted by molar-refractivity contribution is 5.80. The minimum atomic E-state index is -0.0892. The highest BCUT2D eigenvalue weighted by Crippen LogP contribution is 2.29. The Balaban J connectivity index is 1.92. The standard InChI is InChI=1S/C20H17N5O/c1-3-16-18-20(25(12-22-18)17-9-4-5-10-26-17)24-19(23-16)15-8-6-7-14(11-21)13(15)2/h1,6-8,12,17H,4-5,9-10H2,2H3. The normalized spacial score (nSPS) is 17.0. The van der Waals surface area contributed by atoms with Crippen molar-refractivity contribution < 1.29 is 4.74 Å². The first-order chi connectivity index (χ1) is 12.7. The van der Waals surface area contributed by atoms with Gasteiger partial charge >= 0.3 is 0 Å². The summed E-state index contributed by atoms with van der Waals surface area (Å²) in [5, 5.41) is 9.29. The van der Waals surface area contributed by atoms with E-state index >= 15 is 0 Å². The molecule has 1 atom stereocenters. The summed E-state index contributed by atoms with van der Waals surface area (Å²) < 4.78 is 7.81. The molecule has 1 saturated heterocycles. The summed E-state index contributed by atoms with van der Waals surface area (Å²) >= 11 is 0. The molecule has 0 bridgehead atoms. The van der Waals surface area contributed by atoms with Gasteiger partial charge in [-0.2, -0.15) is 5.26 Å². The number of nitriles is 1. The molecule has 1 unspecified atom stereocenters. The van der Waals surface area contributed by atoms with Crippen LogP contribution in [-0.2, 0) is 4.74 Å². The van der Waals surface area contributed by atoms with Crippen LogP contribution in [-0.4, -0.2) is 26.1 Å². The van der Waals surface area contributed by atoms with Crippen molar-refractivity contribution in [2.45, 2.75) is 32.4 Å². The molecule has 3 aromatic rings. The third-order valence-electron chi connectivity index (χ3n) is 4.72. The molecular formula is C20H17N5O. The second-order valence-electron chi connectivity index (χ2n) is 6.28. The second kappa shape index (κ2) is 6.59. The Morgan fingerprint density at radius 3 is 2.92 bits per heavy atom. The fourth-order valence-corrected chi connectivity index (χ4v) is 3.29. The summed E-state index contributed by atoms with van der Waals surface area (Å²) in [5.74, 6) is 3.11. The van der Waals surface area contributed by atoms with Crippen molar-refractivity contribution in [2.75, 3.05) is 6.61 Å². The summed E-state index contributed by atoms with van der Waals surface area (Å²) in [6, 6.07) is 7.70. The Hall–Kier alpha value is -3.22. The largest absolute Gasteiger partial charge is 0.358 e. The summed E-state index contributed by atoms with van der Waals surface area (Å²) in [6.45, 7) is 2.62. The monoisotopic (exact) mass is 343 g/mol. The van der Waals surface area contributed by atoms with E-state index in [-0.39, 0.29) is 6.23 Å². The Kier molecular flexibility index (Phi) is 4.12. The van der Waals surface area contributed by atoms with E-state index in [0.717, 1.165) is 37.0 Å². The zero-order valence-electron chi connectivity index (χ0n) is 14.4. The second-order valence-corrected chi connectivity index (χ2v) is 6.28. The van der Waals surface area contributed by atoms with Gasteiger partial charge in [0.15, 0.2) is 11.5 Å². The van der Waals surface area contributed by atoms with Gasteiger partial charge in [-0.05, 0) is 43.7 Å². The van der Waals surface area contributed by atoms with E-state index in [9.17, 15) is 5.26 Å². The van der Waals surface area contributed by atoms with Crippen LogP contribution >= 0.6 is 0 Å². The molecule has 6 nitrogen and oxygen atoms in total. The van der Waals surface area contributed by atoms with Gasteiger partial charge in [-0.3, -0.25) is 4.57 Å². The average Bonchev–Trinajstić information content (AvgIpc) is 3.12. The van der Waals surface area contributed by atoms with Crippen LogP contribution in [0.3, 0.4) is 0 Å². The number of imidazole rings is 1. The van der Waals surface area contributed by atoms with Crippen LogP contribution in [0.5, 0.6) is 0 Å². The Morgan fingerprint density at radius 2 is 2.19 bits per heavy atom. The highest BCUT2D eigenvalue weighted by atomic mass is 16.5. The van der Waals surface area contributed by atoms with Crippen LogP contribution in [0.15, 0.2) is 24.5 Å². The van der Waals surface area contributed by atoms with Crippen molar-refractivity contribution in [1.29, 1.82) is 5.26 Å². The molecule has 128 valence electrons. The van der Waals surface area contributed by atoms with Gasteiger partial charge in [-0.1, -0.05) is 12.1 Å². The molecular weight excluding hydrogens is 326 g/mol. The minimum absolute atomic E-state index is 0.0892. The molecule has 1 aliphatic heterocycles. The van der Waals surface area contributed by atoms with Crippen LogP contribution in [0.2, 0.25) is 0 Å². The zero-order valence-corrected chi connectivity index (χ0v) is 14.4. The van der Waals surface area contributed by atoms with Crippen molar-refractivity contribution in [3.8, 4) is 29.8 Å². The Labute approximate surface area is 151 Å². The topological polar surface area (TPSA) is 76.6 Å². The molecule has 0 N–H and O–H groups in total. The number of aromatic nitrogens is 4. The summed E-state index contributed by atoms with van der Waals surface area (Å²) in [5.41, 5.74) is 3.92. The lowest BCUT2D eigenvalue weighted by atomic mass is 10.0. The summed E-state index contributed by atoms with van der Waals surface area (Å²) in [4.78, 5) is 13.7. The minimum Gasteiger partial charge on any atom is -0.358 e. The molecule has 1 aliphatic rings. The predicted octanol–water partition coefficient (Wildman–Crippen LogP) is 3.35. The highest BCUT2D eigenvalue weighted by Gasteiger charge is 2.21. The van der Waals surface area contributed by atoms with Gasteiger partial charge in [0, 0.05) is 12.2 Å². The maximum Gasteiger partial charge on any atom is 0.167 e. The molecule has 0 amide bonds. The summed E-state index contributed by atoms with van der Waals surface area (Å²) in [6.07, 6.45) is 10.4. The van der Waals surface area contributed by atoms with Crippen LogP contribution in [0, 0.1) is 30.6 Å². The van der Waals surface area contributed by atoms with E-state index < -0.39 is 0 Å². The lowest BCUT2D eigenvalue weighted by molar-refractivity contribution is -0.0298. The molecule has 0 radical (unpaired) electrons. The van der Waals surface area contributed by atoms with E-state index in [0.29, 0.717) is 28.2 Å². The maximum atomic E-state index is 9.29. The van der Waals surface area contributed by atoms with Crippen molar-refractivity contribution in [3.05, 3.63) is 41.3 Å². The lowest BCUT2D eigenvalue weighted by Gasteiger charge is -2.23. The van der Waals surface area contributed by atoms with Gasteiger partial charge in [-0.15, -0.1) is 6.42 Å². The van der Waals surface area contributed by atoms with E-state index in [1.165, 1.54) is 0 Å². The van der Waals surface area contributed by atoms with Crippen molar-refractivity contribution in [3.63, 3.8) is 0 Å². The number of hydrogen-bond donors (Lipinski definition) is 0. The number of rotatable bonds is 2. The third kappa shape index (κ3) is 2.61. The number of terminal acetylenes is 1. The van der Waals surface area contributed by atoms with E-state index in [4.69, 9.17) is 16.1 Å². The number of fused-ring (bicyclic) bond motifs is 1. The quantitative estimate of drug-likeness (QED) is 0.667. The SMILES string of the molecule is C#Cc1nc(-c2cccc(C#N)c2C)nc2c1ncn2C1CCCCO1. The molecule has 4 rings (SSSR count). The number of hydrogen-bond acceptors (Lipinski definition) is 5. The first-order valence-corrected chi connectivity index (χ1v) is 8.56. The molecule has 0 saturated carbocycles. The predicted molar refractivity (Wildman–Crippen MR) is 97.0 cm³/mol. The van der Waals surface area contributed by atoms with Gasteiger partial charge in [0.2, 0.25) is 0 Å². The third-order valence-corrected chi connectivity index (χ3v) is 4.72. The average molecular weight is 343 g/mol. The van der Waals surface area contributed by atoms with Crippen molar-refractivity contribution in [1.82, 2.24) is 19.5 Å². The van der Waals surface area contributed by atoms with Crippen LogP contribution in [0.25, 0.3) is 22.6 Å².